The Morgan fingerprint density at radius 1 is 1.11 bits per heavy atom. The minimum atomic E-state index is 0.162. The molecule has 98 valence electrons. The number of aromatic nitrogens is 3. The van der Waals surface area contributed by atoms with Crippen LogP contribution in [0, 0.1) is 6.92 Å². The second-order valence-corrected chi connectivity index (χ2v) is 4.00. The zero-order chi connectivity index (χ0) is 13.8. The van der Waals surface area contributed by atoms with E-state index in [0.717, 1.165) is 11.3 Å². The molecule has 19 heavy (non-hydrogen) atoms. The lowest BCUT2D eigenvalue weighted by molar-refractivity contribution is 0.980. The minimum absolute atomic E-state index is 0.162. The number of nitrogens with zero attached hydrogens (tertiary/aromatic N) is 4. The van der Waals surface area contributed by atoms with Crippen LogP contribution in [0.3, 0.4) is 0 Å². The topological polar surface area (TPSA) is 115 Å². The predicted molar refractivity (Wildman–Crippen MR) is 75.7 cm³/mol. The smallest absolute Gasteiger partial charge is 0.248 e. The van der Waals surface area contributed by atoms with E-state index >= 15 is 0 Å². The average Bonchev–Trinajstić information content (AvgIpc) is 2.36. The van der Waals surface area contributed by atoms with Crippen molar-refractivity contribution >= 4 is 23.3 Å². The molecule has 2 rings (SSSR count). The molecule has 0 bridgehead atoms. The van der Waals surface area contributed by atoms with Gasteiger partial charge < -0.3 is 11.5 Å². The highest BCUT2D eigenvalue weighted by molar-refractivity contribution is 5.99. The van der Waals surface area contributed by atoms with E-state index in [1.54, 1.807) is 6.92 Å². The molecule has 7 heteroatoms. The van der Waals surface area contributed by atoms with Crippen LogP contribution in [0.25, 0.3) is 0 Å². The largest absolute Gasteiger partial charge is 0.399 e. The fourth-order valence-electron chi connectivity index (χ4n) is 1.48. The second-order valence-electron chi connectivity index (χ2n) is 4.00. The van der Waals surface area contributed by atoms with Crippen molar-refractivity contribution < 1.29 is 0 Å². The van der Waals surface area contributed by atoms with Gasteiger partial charge in [-0.1, -0.05) is 12.1 Å². The van der Waals surface area contributed by atoms with Gasteiger partial charge in [0.25, 0.3) is 0 Å². The molecule has 1 aromatic heterocycles. The molecule has 0 aliphatic rings. The number of hydrogen-bond donors (Lipinski definition) is 3. The van der Waals surface area contributed by atoms with Crippen molar-refractivity contribution in [3.63, 3.8) is 0 Å². The Labute approximate surface area is 110 Å². The molecule has 5 N–H and O–H groups in total. The molecule has 0 aliphatic heterocycles. The van der Waals surface area contributed by atoms with Gasteiger partial charge in [-0.3, -0.25) is 0 Å². The van der Waals surface area contributed by atoms with Gasteiger partial charge in [-0.05, 0) is 31.5 Å². The molecule has 2 aromatic rings. The number of hydrazone groups is 1. The van der Waals surface area contributed by atoms with E-state index in [1.165, 1.54) is 0 Å². The number of anilines is 3. The van der Waals surface area contributed by atoms with Crippen molar-refractivity contribution in [2.24, 2.45) is 5.10 Å². The predicted octanol–water partition coefficient (Wildman–Crippen LogP) is 1.18. The van der Waals surface area contributed by atoms with Crippen molar-refractivity contribution in [1.82, 2.24) is 15.0 Å². The van der Waals surface area contributed by atoms with Crippen molar-refractivity contribution in [3.05, 3.63) is 35.7 Å². The highest BCUT2D eigenvalue weighted by Gasteiger charge is 2.01. The monoisotopic (exact) mass is 257 g/mol. The second kappa shape index (κ2) is 5.30. The summed E-state index contributed by atoms with van der Waals surface area (Å²) in [4.78, 5) is 11.9. The molecule has 0 spiro atoms. The maximum atomic E-state index is 5.63. The summed E-state index contributed by atoms with van der Waals surface area (Å²) in [5, 5.41) is 4.19. The van der Waals surface area contributed by atoms with Crippen molar-refractivity contribution in [3.8, 4) is 0 Å². The molecule has 0 fully saturated rings. The van der Waals surface area contributed by atoms with Crippen LogP contribution in [0.5, 0.6) is 0 Å². The maximum Gasteiger partial charge on any atom is 0.248 e. The van der Waals surface area contributed by atoms with Gasteiger partial charge in [0.1, 0.15) is 5.82 Å². The quantitative estimate of drug-likeness (QED) is 0.432. The van der Waals surface area contributed by atoms with Gasteiger partial charge in [0.15, 0.2) is 0 Å². The Kier molecular flexibility index (Phi) is 3.56. The molecular weight excluding hydrogens is 242 g/mol. The third kappa shape index (κ3) is 3.38. The molecule has 7 nitrogen and oxygen atoms in total. The number of nitrogens with one attached hydrogen (secondary N) is 1. The van der Waals surface area contributed by atoms with E-state index in [0.29, 0.717) is 17.5 Å². The summed E-state index contributed by atoms with van der Waals surface area (Å²) in [7, 11) is 0. The van der Waals surface area contributed by atoms with Crippen LogP contribution < -0.4 is 16.9 Å². The summed E-state index contributed by atoms with van der Waals surface area (Å²) >= 11 is 0. The highest BCUT2D eigenvalue weighted by atomic mass is 15.4. The lowest BCUT2D eigenvalue weighted by atomic mass is 10.1. The van der Waals surface area contributed by atoms with E-state index in [2.05, 4.69) is 25.5 Å². The number of nitrogen functional groups attached to an aromatic ring is 2. The number of rotatable bonds is 3. The van der Waals surface area contributed by atoms with Gasteiger partial charge >= 0.3 is 0 Å². The Hall–Kier alpha value is -2.70. The van der Waals surface area contributed by atoms with Crippen LogP contribution in [0.1, 0.15) is 18.3 Å². The van der Waals surface area contributed by atoms with Gasteiger partial charge in [0, 0.05) is 5.69 Å². The van der Waals surface area contributed by atoms with Gasteiger partial charge in [-0.15, -0.1) is 0 Å². The van der Waals surface area contributed by atoms with E-state index in [9.17, 15) is 0 Å². The van der Waals surface area contributed by atoms with Gasteiger partial charge in [0.2, 0.25) is 11.9 Å². The highest BCUT2D eigenvalue weighted by Crippen LogP contribution is 2.07. The molecule has 0 atom stereocenters. The third-order valence-corrected chi connectivity index (χ3v) is 2.42. The van der Waals surface area contributed by atoms with Gasteiger partial charge in [-0.2, -0.15) is 20.1 Å². The Morgan fingerprint density at radius 2 is 1.79 bits per heavy atom. The van der Waals surface area contributed by atoms with Crippen LogP contribution in [0.4, 0.5) is 17.6 Å². The van der Waals surface area contributed by atoms with Crippen LogP contribution in [-0.2, 0) is 0 Å². The summed E-state index contributed by atoms with van der Waals surface area (Å²) < 4.78 is 0. The first kappa shape index (κ1) is 12.7. The minimum Gasteiger partial charge on any atom is -0.399 e. The molecule has 1 aromatic carbocycles. The van der Waals surface area contributed by atoms with E-state index < -0.39 is 0 Å². The van der Waals surface area contributed by atoms with Crippen molar-refractivity contribution in [2.45, 2.75) is 13.8 Å². The summed E-state index contributed by atoms with van der Waals surface area (Å²) in [5.41, 5.74) is 16.4. The molecular formula is C12H15N7. The molecule has 1 heterocycles. The van der Waals surface area contributed by atoms with E-state index in [1.807, 2.05) is 31.2 Å². The Balaban J connectivity index is 2.15. The summed E-state index contributed by atoms with van der Waals surface area (Å²) in [6, 6.07) is 7.42. The SMILES string of the molecule is C/C(=N\Nc1nc(C)nc(N)n1)c1ccc(N)cc1. The zero-order valence-electron chi connectivity index (χ0n) is 10.8. The summed E-state index contributed by atoms with van der Waals surface area (Å²) in [6.07, 6.45) is 0. The molecule has 0 saturated carbocycles. The molecule has 0 aliphatic carbocycles. The first-order valence-electron chi connectivity index (χ1n) is 5.69. The molecule has 0 saturated heterocycles. The van der Waals surface area contributed by atoms with Crippen LogP contribution >= 0.6 is 0 Å². The first-order valence-corrected chi connectivity index (χ1v) is 5.69. The van der Waals surface area contributed by atoms with Crippen molar-refractivity contribution in [1.29, 1.82) is 0 Å². The zero-order valence-corrected chi connectivity index (χ0v) is 10.8. The summed E-state index contributed by atoms with van der Waals surface area (Å²) in [6.45, 7) is 3.61. The lowest BCUT2D eigenvalue weighted by Gasteiger charge is -2.04. The third-order valence-electron chi connectivity index (χ3n) is 2.42. The summed E-state index contributed by atoms with van der Waals surface area (Å²) in [5.74, 6) is 1.02. The van der Waals surface area contributed by atoms with Crippen LogP contribution in [0.15, 0.2) is 29.4 Å². The molecule has 0 amide bonds. The van der Waals surface area contributed by atoms with E-state index in [-0.39, 0.29) is 5.95 Å². The van der Waals surface area contributed by atoms with Gasteiger partial charge in [-0.25, -0.2) is 5.43 Å². The molecule has 0 unspecified atom stereocenters. The van der Waals surface area contributed by atoms with Gasteiger partial charge in [0.05, 0.1) is 5.71 Å². The standard InChI is InChI=1S/C12H15N7/c1-7(9-3-5-10(13)6-4-9)18-19-12-16-8(2)15-11(14)17-12/h3-6H,13H2,1-2H3,(H3,14,15,16,17,19)/b18-7+. The normalized spacial score (nSPS) is 11.4. The lowest BCUT2D eigenvalue weighted by Crippen LogP contribution is -2.06. The number of hydrogen-bond acceptors (Lipinski definition) is 7. The van der Waals surface area contributed by atoms with Crippen molar-refractivity contribution in [2.75, 3.05) is 16.9 Å². The fraction of sp³-hybridized carbons (Fsp3) is 0.167. The number of nitrogens with two attached hydrogens (primary N) is 2. The van der Waals surface area contributed by atoms with E-state index in [4.69, 9.17) is 11.5 Å². The fourth-order valence-corrected chi connectivity index (χ4v) is 1.48. The molecule has 0 radical (unpaired) electrons. The first-order chi connectivity index (χ1) is 9.04. The maximum absolute atomic E-state index is 5.63. The number of benzene rings is 1. The van der Waals surface area contributed by atoms with Crippen LogP contribution in [-0.4, -0.2) is 20.7 Å². The number of aryl methyl sites for hydroxylation is 1. The average molecular weight is 257 g/mol. The Bertz CT molecular complexity index is 584. The van der Waals surface area contributed by atoms with Crippen LogP contribution in [0.2, 0.25) is 0 Å². The Morgan fingerprint density at radius 3 is 2.42 bits per heavy atom.